The first kappa shape index (κ1) is 17.8. The minimum Gasteiger partial charge on any atom is -0.382 e. The zero-order valence-corrected chi connectivity index (χ0v) is 15.5. The van der Waals surface area contributed by atoms with Gasteiger partial charge in [0.1, 0.15) is 12.1 Å². The van der Waals surface area contributed by atoms with Gasteiger partial charge in [0.15, 0.2) is 0 Å². The lowest BCUT2D eigenvalue weighted by Crippen LogP contribution is -2.47. The van der Waals surface area contributed by atoms with Gasteiger partial charge in [-0.3, -0.25) is 4.90 Å². The predicted molar refractivity (Wildman–Crippen MR) is 103 cm³/mol. The van der Waals surface area contributed by atoms with Gasteiger partial charge < -0.3 is 15.0 Å². The van der Waals surface area contributed by atoms with E-state index in [0.717, 1.165) is 75.4 Å². The fourth-order valence-corrected chi connectivity index (χ4v) is 4.32. The first-order chi connectivity index (χ1) is 12.7. The summed E-state index contributed by atoms with van der Waals surface area (Å²) in [6.07, 6.45) is 7.80. The summed E-state index contributed by atoms with van der Waals surface area (Å²) in [6, 6.07) is 5.79. The van der Waals surface area contributed by atoms with Crippen LogP contribution < -0.4 is 10.2 Å². The van der Waals surface area contributed by atoms with Crippen LogP contribution in [0.2, 0.25) is 0 Å². The molecule has 0 radical (unpaired) electrons. The van der Waals surface area contributed by atoms with Crippen LogP contribution in [0.25, 0.3) is 0 Å². The van der Waals surface area contributed by atoms with Crippen molar-refractivity contribution >= 4 is 17.7 Å². The number of aldehydes is 1. The van der Waals surface area contributed by atoms with E-state index in [2.05, 4.69) is 15.1 Å². The van der Waals surface area contributed by atoms with Gasteiger partial charge in [-0.25, -0.2) is 4.39 Å². The quantitative estimate of drug-likeness (QED) is 0.788. The summed E-state index contributed by atoms with van der Waals surface area (Å²) in [6.45, 7) is 5.09. The standard InChI is InChI=1S/C21H30FN3O/c22-20-8-7-19(23-18-5-3-17(15-26)4-6-18)13-21(20)25-11-9-24(10-12-25)14-16-1-2-16/h7-8,13,15-18,23H,1-6,9-12,14H2. The molecule has 0 bridgehead atoms. The maximum absolute atomic E-state index is 14.4. The second-order valence-electron chi connectivity index (χ2n) is 8.29. The Morgan fingerprint density at radius 3 is 2.42 bits per heavy atom. The maximum Gasteiger partial charge on any atom is 0.146 e. The smallest absolute Gasteiger partial charge is 0.146 e. The van der Waals surface area contributed by atoms with Crippen LogP contribution in [0.15, 0.2) is 18.2 Å². The zero-order chi connectivity index (χ0) is 17.9. The number of benzene rings is 1. The number of nitrogens with zero attached hydrogens (tertiary/aromatic N) is 2. The van der Waals surface area contributed by atoms with Gasteiger partial charge in [0.25, 0.3) is 0 Å². The minimum atomic E-state index is -0.129. The van der Waals surface area contributed by atoms with E-state index in [1.807, 2.05) is 12.1 Å². The van der Waals surface area contributed by atoms with Crippen LogP contribution in [-0.2, 0) is 4.79 Å². The van der Waals surface area contributed by atoms with E-state index in [9.17, 15) is 9.18 Å². The van der Waals surface area contributed by atoms with Crippen LogP contribution in [0, 0.1) is 17.7 Å². The Bertz CT molecular complexity index is 618. The Kier molecular flexibility index (Phi) is 5.44. The largest absolute Gasteiger partial charge is 0.382 e. The Balaban J connectivity index is 1.34. The highest BCUT2D eigenvalue weighted by atomic mass is 19.1. The van der Waals surface area contributed by atoms with Crippen molar-refractivity contribution in [2.24, 2.45) is 11.8 Å². The molecule has 1 aromatic carbocycles. The lowest BCUT2D eigenvalue weighted by molar-refractivity contribution is -0.111. The average Bonchev–Trinajstić information content (AvgIpc) is 3.49. The molecule has 0 spiro atoms. The van der Waals surface area contributed by atoms with Gasteiger partial charge in [0.2, 0.25) is 0 Å². The highest BCUT2D eigenvalue weighted by Crippen LogP contribution is 2.31. The van der Waals surface area contributed by atoms with Gasteiger partial charge in [0, 0.05) is 50.4 Å². The number of anilines is 2. The van der Waals surface area contributed by atoms with Crippen molar-refractivity contribution in [3.63, 3.8) is 0 Å². The summed E-state index contributed by atoms with van der Waals surface area (Å²) >= 11 is 0. The van der Waals surface area contributed by atoms with Gasteiger partial charge in [0.05, 0.1) is 5.69 Å². The van der Waals surface area contributed by atoms with Crippen molar-refractivity contribution in [2.45, 2.75) is 44.6 Å². The summed E-state index contributed by atoms with van der Waals surface area (Å²) < 4.78 is 14.4. The molecule has 1 saturated heterocycles. The molecule has 26 heavy (non-hydrogen) atoms. The van der Waals surface area contributed by atoms with Gasteiger partial charge in [-0.1, -0.05) is 0 Å². The molecule has 2 aliphatic carbocycles. The number of hydrogen-bond donors (Lipinski definition) is 1. The maximum atomic E-state index is 14.4. The van der Waals surface area contributed by atoms with Crippen LogP contribution in [0.5, 0.6) is 0 Å². The Morgan fingerprint density at radius 2 is 1.77 bits per heavy atom. The number of halogens is 1. The van der Waals surface area contributed by atoms with Crippen molar-refractivity contribution < 1.29 is 9.18 Å². The first-order valence-corrected chi connectivity index (χ1v) is 10.2. The van der Waals surface area contributed by atoms with Crippen LogP contribution >= 0.6 is 0 Å². The van der Waals surface area contributed by atoms with Gasteiger partial charge in [-0.2, -0.15) is 0 Å². The first-order valence-electron chi connectivity index (χ1n) is 10.2. The second-order valence-corrected chi connectivity index (χ2v) is 8.29. The number of hydrogen-bond acceptors (Lipinski definition) is 4. The van der Waals surface area contributed by atoms with Crippen molar-refractivity contribution in [3.8, 4) is 0 Å². The molecule has 0 aromatic heterocycles. The molecule has 5 heteroatoms. The molecule has 2 saturated carbocycles. The third kappa shape index (κ3) is 4.37. The molecule has 4 nitrogen and oxygen atoms in total. The number of rotatable bonds is 6. The van der Waals surface area contributed by atoms with E-state index in [-0.39, 0.29) is 11.7 Å². The SMILES string of the molecule is O=CC1CCC(Nc2ccc(F)c(N3CCN(CC4CC4)CC3)c2)CC1. The lowest BCUT2D eigenvalue weighted by Gasteiger charge is -2.36. The highest BCUT2D eigenvalue weighted by molar-refractivity contribution is 5.60. The lowest BCUT2D eigenvalue weighted by atomic mass is 9.87. The number of carbonyl (C=O) groups is 1. The molecule has 0 amide bonds. The van der Waals surface area contributed by atoms with Crippen LogP contribution in [-0.4, -0.2) is 50.0 Å². The van der Waals surface area contributed by atoms with Crippen LogP contribution in [0.1, 0.15) is 38.5 Å². The summed E-state index contributed by atoms with van der Waals surface area (Å²) in [5.74, 6) is 1.01. The fourth-order valence-electron chi connectivity index (χ4n) is 4.32. The van der Waals surface area contributed by atoms with Crippen molar-refractivity contribution in [2.75, 3.05) is 42.9 Å². The molecular weight excluding hydrogens is 329 g/mol. The summed E-state index contributed by atoms with van der Waals surface area (Å²) in [5, 5.41) is 3.56. The van der Waals surface area contributed by atoms with Crippen LogP contribution in [0.3, 0.4) is 0 Å². The molecule has 1 aliphatic heterocycles. The zero-order valence-electron chi connectivity index (χ0n) is 15.5. The molecule has 3 fully saturated rings. The minimum absolute atomic E-state index is 0.129. The number of nitrogens with one attached hydrogen (secondary N) is 1. The number of piperazine rings is 1. The second kappa shape index (κ2) is 7.95. The molecule has 4 rings (SSSR count). The third-order valence-electron chi connectivity index (χ3n) is 6.21. The summed E-state index contributed by atoms with van der Waals surface area (Å²) in [5.41, 5.74) is 1.72. The molecule has 1 N–H and O–H groups in total. The Labute approximate surface area is 155 Å². The number of carbonyl (C=O) groups excluding carboxylic acids is 1. The Morgan fingerprint density at radius 1 is 1.04 bits per heavy atom. The normalized spacial score (nSPS) is 27.3. The van der Waals surface area contributed by atoms with Crippen LogP contribution in [0.4, 0.5) is 15.8 Å². The van der Waals surface area contributed by atoms with Crippen molar-refractivity contribution in [1.82, 2.24) is 4.90 Å². The van der Waals surface area contributed by atoms with E-state index in [4.69, 9.17) is 0 Å². The molecular formula is C21H30FN3O. The predicted octanol–water partition coefficient (Wildman–Crippen LogP) is 3.53. The molecule has 1 heterocycles. The van der Waals surface area contributed by atoms with E-state index in [0.29, 0.717) is 6.04 Å². The van der Waals surface area contributed by atoms with E-state index in [1.165, 1.54) is 19.4 Å². The highest BCUT2D eigenvalue weighted by Gasteiger charge is 2.27. The van der Waals surface area contributed by atoms with E-state index < -0.39 is 0 Å². The summed E-state index contributed by atoms with van der Waals surface area (Å²) in [7, 11) is 0. The van der Waals surface area contributed by atoms with Gasteiger partial charge in [-0.15, -0.1) is 0 Å². The average molecular weight is 359 g/mol. The molecule has 0 unspecified atom stereocenters. The topological polar surface area (TPSA) is 35.6 Å². The van der Waals surface area contributed by atoms with E-state index >= 15 is 0 Å². The van der Waals surface area contributed by atoms with Crippen molar-refractivity contribution in [1.29, 1.82) is 0 Å². The van der Waals surface area contributed by atoms with Crippen molar-refractivity contribution in [3.05, 3.63) is 24.0 Å². The molecule has 1 aromatic rings. The summed E-state index contributed by atoms with van der Waals surface area (Å²) in [4.78, 5) is 15.6. The fraction of sp³-hybridized carbons (Fsp3) is 0.667. The molecule has 142 valence electrons. The van der Waals surface area contributed by atoms with Gasteiger partial charge in [-0.05, 0) is 62.6 Å². The third-order valence-corrected chi connectivity index (χ3v) is 6.21. The molecule has 3 aliphatic rings. The van der Waals surface area contributed by atoms with Gasteiger partial charge >= 0.3 is 0 Å². The monoisotopic (exact) mass is 359 g/mol. The van der Waals surface area contributed by atoms with E-state index in [1.54, 1.807) is 6.07 Å². The molecule has 0 atom stereocenters. The Hall–Kier alpha value is -1.62.